The summed E-state index contributed by atoms with van der Waals surface area (Å²) in [5, 5.41) is 9.63. The molecule has 0 aromatic carbocycles. The molecule has 2 unspecified atom stereocenters. The van der Waals surface area contributed by atoms with Crippen LogP contribution in [-0.4, -0.2) is 80.6 Å². The van der Waals surface area contributed by atoms with Gasteiger partial charge in [-0.15, -0.1) is 0 Å². The van der Waals surface area contributed by atoms with Crippen molar-refractivity contribution in [2.45, 2.75) is 231 Å². The van der Waals surface area contributed by atoms with Gasteiger partial charge >= 0.3 is 17.9 Å². The van der Waals surface area contributed by atoms with Gasteiger partial charge in [0.2, 0.25) is 0 Å². The molecular formula is C49H92NO7+. The Labute approximate surface area is 351 Å². The number of allylic oxidation sites excluding steroid dienone is 4. The average Bonchev–Trinajstić information content (AvgIpc) is 3.17. The Bertz CT molecular complexity index is 989. The smallest absolute Gasteiger partial charge is 0.362 e. The Morgan fingerprint density at radius 2 is 0.982 bits per heavy atom. The SMILES string of the molecule is CC/C=C/C/C=C/CCCCCCCC(=O)OCC(COCCC(C(=O)O)[N+](C)(C)C)OC(=O)CCCCCCCCCCCCCCCCCCCCCCC. The highest BCUT2D eigenvalue weighted by Gasteiger charge is 2.31. The number of ether oxygens (including phenoxy) is 3. The normalized spacial score (nSPS) is 13.1. The summed E-state index contributed by atoms with van der Waals surface area (Å²) in [5.41, 5.74) is 0. The third kappa shape index (κ3) is 39.1. The van der Waals surface area contributed by atoms with Crippen LogP contribution < -0.4 is 0 Å². The van der Waals surface area contributed by atoms with Crippen LogP contribution in [0.15, 0.2) is 24.3 Å². The summed E-state index contributed by atoms with van der Waals surface area (Å²) < 4.78 is 17.3. The molecule has 0 saturated heterocycles. The van der Waals surface area contributed by atoms with E-state index in [1.54, 1.807) is 0 Å². The van der Waals surface area contributed by atoms with E-state index in [4.69, 9.17) is 14.2 Å². The maximum atomic E-state index is 12.8. The van der Waals surface area contributed by atoms with Gasteiger partial charge in [-0.05, 0) is 38.5 Å². The fraction of sp³-hybridized carbons (Fsp3) is 0.857. The third-order valence-corrected chi connectivity index (χ3v) is 10.9. The molecule has 0 spiro atoms. The molecule has 1 N–H and O–H groups in total. The molecule has 0 fully saturated rings. The first-order chi connectivity index (χ1) is 27.6. The Kier molecular flexibility index (Phi) is 39.0. The zero-order valence-corrected chi connectivity index (χ0v) is 38.1. The van der Waals surface area contributed by atoms with Crippen molar-refractivity contribution in [3.63, 3.8) is 0 Å². The van der Waals surface area contributed by atoms with Crippen LogP contribution >= 0.6 is 0 Å². The van der Waals surface area contributed by atoms with E-state index in [2.05, 4.69) is 38.2 Å². The predicted molar refractivity (Wildman–Crippen MR) is 238 cm³/mol. The standard InChI is InChI=1S/C49H91NO7/c1-6-8-10-12-14-16-18-20-21-22-23-24-25-26-27-28-30-32-34-36-38-40-48(52)57-45(43-55-42-41-46(49(53)54)50(3,4)5)44-56-47(51)39-37-35-33-31-29-19-17-15-13-11-9-7-2/h9,11,15,17,45-46H,6-8,10,12-14,16,18-44H2,1-5H3/p+1/b11-9+,17-15+. The van der Waals surface area contributed by atoms with Crippen LogP contribution in [0.2, 0.25) is 0 Å². The minimum absolute atomic E-state index is 0.0542. The lowest BCUT2D eigenvalue weighted by Gasteiger charge is -2.31. The number of rotatable bonds is 43. The number of unbranched alkanes of at least 4 members (excludes halogenated alkanes) is 25. The van der Waals surface area contributed by atoms with E-state index < -0.39 is 18.1 Å². The van der Waals surface area contributed by atoms with Crippen molar-refractivity contribution >= 4 is 17.9 Å². The van der Waals surface area contributed by atoms with Crippen molar-refractivity contribution in [1.82, 2.24) is 0 Å². The molecule has 8 nitrogen and oxygen atoms in total. The highest BCUT2D eigenvalue weighted by atomic mass is 16.6. The molecule has 0 heterocycles. The van der Waals surface area contributed by atoms with Gasteiger partial charge in [-0.3, -0.25) is 9.59 Å². The number of carbonyl (C=O) groups is 3. The quantitative estimate of drug-likeness (QED) is 0.0283. The van der Waals surface area contributed by atoms with Crippen LogP contribution in [0.5, 0.6) is 0 Å². The van der Waals surface area contributed by atoms with E-state index in [1.165, 1.54) is 116 Å². The summed E-state index contributed by atoms with van der Waals surface area (Å²) in [6.45, 7) is 4.64. The number of quaternary nitrogens is 1. The van der Waals surface area contributed by atoms with Gasteiger partial charge in [0.25, 0.3) is 0 Å². The molecule has 57 heavy (non-hydrogen) atoms. The molecular weight excluding hydrogens is 715 g/mol. The number of carbonyl (C=O) groups excluding carboxylic acids is 2. The lowest BCUT2D eigenvalue weighted by Crippen LogP contribution is -2.50. The van der Waals surface area contributed by atoms with Crippen LogP contribution in [0.25, 0.3) is 0 Å². The van der Waals surface area contributed by atoms with Gasteiger partial charge in [0.15, 0.2) is 12.1 Å². The second-order valence-electron chi connectivity index (χ2n) is 17.3. The number of carboxylic acids is 1. The summed E-state index contributed by atoms with van der Waals surface area (Å²) >= 11 is 0. The lowest BCUT2D eigenvalue weighted by molar-refractivity contribution is -0.887. The zero-order valence-electron chi connectivity index (χ0n) is 38.1. The summed E-state index contributed by atoms with van der Waals surface area (Å²) in [5.74, 6) is -1.47. The molecule has 0 amide bonds. The first-order valence-corrected chi connectivity index (χ1v) is 23.9. The summed E-state index contributed by atoms with van der Waals surface area (Å²) in [7, 11) is 5.53. The Balaban J connectivity index is 4.21. The summed E-state index contributed by atoms with van der Waals surface area (Å²) in [6, 6.07) is -0.614. The van der Waals surface area contributed by atoms with Crippen LogP contribution in [0.3, 0.4) is 0 Å². The summed E-state index contributed by atoms with van der Waals surface area (Å²) in [4.78, 5) is 37.0. The maximum Gasteiger partial charge on any atom is 0.362 e. The third-order valence-electron chi connectivity index (χ3n) is 10.9. The van der Waals surface area contributed by atoms with Crippen molar-refractivity contribution in [3.8, 4) is 0 Å². The second kappa shape index (κ2) is 40.6. The molecule has 0 aliphatic rings. The number of nitrogens with zero attached hydrogens (tertiary/aromatic N) is 1. The van der Waals surface area contributed by atoms with Gasteiger partial charge in [0.1, 0.15) is 6.61 Å². The van der Waals surface area contributed by atoms with E-state index >= 15 is 0 Å². The highest BCUT2D eigenvalue weighted by Crippen LogP contribution is 2.16. The van der Waals surface area contributed by atoms with Crippen LogP contribution in [0, 0.1) is 0 Å². The summed E-state index contributed by atoms with van der Waals surface area (Å²) in [6.07, 6.45) is 45.2. The lowest BCUT2D eigenvalue weighted by atomic mass is 10.0. The van der Waals surface area contributed by atoms with Crippen molar-refractivity contribution in [1.29, 1.82) is 0 Å². The highest BCUT2D eigenvalue weighted by molar-refractivity contribution is 5.72. The van der Waals surface area contributed by atoms with Crippen molar-refractivity contribution in [3.05, 3.63) is 24.3 Å². The molecule has 0 aliphatic carbocycles. The van der Waals surface area contributed by atoms with Crippen molar-refractivity contribution in [2.75, 3.05) is 41.0 Å². The molecule has 334 valence electrons. The number of hydrogen-bond donors (Lipinski definition) is 1. The number of hydrogen-bond acceptors (Lipinski definition) is 6. The van der Waals surface area contributed by atoms with Gasteiger partial charge in [-0.1, -0.05) is 186 Å². The number of aliphatic carboxylic acids is 1. The second-order valence-corrected chi connectivity index (χ2v) is 17.3. The van der Waals surface area contributed by atoms with Gasteiger partial charge in [-0.2, -0.15) is 0 Å². The predicted octanol–water partition coefficient (Wildman–Crippen LogP) is 13.3. The van der Waals surface area contributed by atoms with E-state index in [0.29, 0.717) is 19.3 Å². The molecule has 8 heteroatoms. The monoisotopic (exact) mass is 807 g/mol. The molecule has 0 radical (unpaired) electrons. The van der Waals surface area contributed by atoms with Gasteiger partial charge in [0, 0.05) is 19.3 Å². The molecule has 0 rings (SSSR count). The number of carboxylic acid groups (broad SMARTS) is 1. The van der Waals surface area contributed by atoms with E-state index in [9.17, 15) is 19.5 Å². The average molecular weight is 807 g/mol. The van der Waals surface area contributed by atoms with Gasteiger partial charge in [-0.25, -0.2) is 4.79 Å². The molecule has 0 aromatic heterocycles. The molecule has 0 aromatic rings. The first-order valence-electron chi connectivity index (χ1n) is 23.9. The Morgan fingerprint density at radius 3 is 1.44 bits per heavy atom. The molecule has 2 atom stereocenters. The Hall–Kier alpha value is -2.19. The largest absolute Gasteiger partial charge is 0.477 e. The van der Waals surface area contributed by atoms with E-state index in [1.807, 2.05) is 21.1 Å². The zero-order chi connectivity index (χ0) is 42.1. The molecule has 0 aliphatic heterocycles. The number of esters is 2. The molecule has 0 saturated carbocycles. The maximum absolute atomic E-state index is 12.8. The van der Waals surface area contributed by atoms with Crippen molar-refractivity contribution in [2.24, 2.45) is 0 Å². The Morgan fingerprint density at radius 1 is 0.544 bits per heavy atom. The van der Waals surface area contributed by atoms with Crippen LogP contribution in [0.1, 0.15) is 219 Å². The first kappa shape index (κ1) is 54.8. The topological polar surface area (TPSA) is 99.1 Å². The van der Waals surface area contributed by atoms with E-state index in [-0.39, 0.29) is 36.2 Å². The van der Waals surface area contributed by atoms with Gasteiger partial charge < -0.3 is 23.8 Å². The number of likely N-dealkylation sites (N-methyl/N-ethyl adjacent to an activating group) is 1. The van der Waals surface area contributed by atoms with Crippen LogP contribution in [0.4, 0.5) is 0 Å². The van der Waals surface area contributed by atoms with E-state index in [0.717, 1.165) is 70.6 Å². The minimum Gasteiger partial charge on any atom is -0.477 e. The minimum atomic E-state index is -0.875. The fourth-order valence-corrected chi connectivity index (χ4v) is 7.19. The fourth-order valence-electron chi connectivity index (χ4n) is 7.19. The van der Waals surface area contributed by atoms with Crippen molar-refractivity contribution < 1.29 is 38.2 Å². The van der Waals surface area contributed by atoms with Crippen LogP contribution in [-0.2, 0) is 28.6 Å². The molecule has 0 bridgehead atoms. The van der Waals surface area contributed by atoms with Gasteiger partial charge in [0.05, 0.1) is 34.4 Å².